The molecule has 0 aliphatic heterocycles. The van der Waals surface area contributed by atoms with Crippen LogP contribution in [0.25, 0.3) is 6.08 Å². The molecule has 0 fully saturated rings. The maximum absolute atomic E-state index is 12.0. The second-order valence-electron chi connectivity index (χ2n) is 6.61. The first-order chi connectivity index (χ1) is 14.5. The summed E-state index contributed by atoms with van der Waals surface area (Å²) in [5.41, 5.74) is 13.8. The van der Waals surface area contributed by atoms with Crippen molar-refractivity contribution in [2.24, 2.45) is 5.73 Å². The molecule has 152 valence electrons. The van der Waals surface area contributed by atoms with Crippen LogP contribution in [0.3, 0.4) is 0 Å². The predicted molar refractivity (Wildman–Crippen MR) is 117 cm³/mol. The molecule has 1 aliphatic carbocycles. The Kier molecular flexibility index (Phi) is 6.97. The van der Waals surface area contributed by atoms with E-state index in [9.17, 15) is 9.59 Å². The van der Waals surface area contributed by atoms with Crippen LogP contribution in [0, 0.1) is 0 Å². The molecule has 2 aromatic carbocycles. The van der Waals surface area contributed by atoms with Gasteiger partial charge in [-0.3, -0.25) is 0 Å². The zero-order valence-electron chi connectivity index (χ0n) is 16.2. The summed E-state index contributed by atoms with van der Waals surface area (Å²) in [6.45, 7) is 0. The van der Waals surface area contributed by atoms with Gasteiger partial charge in [-0.25, -0.2) is 9.59 Å². The highest BCUT2D eigenvalue weighted by atomic mass is 16.5. The maximum Gasteiger partial charge on any atom is 0.336 e. The molecule has 2 aromatic rings. The Morgan fingerprint density at radius 2 is 1.57 bits per heavy atom. The summed E-state index contributed by atoms with van der Waals surface area (Å²) in [6, 6.07) is 13.4. The molecule has 3 rings (SSSR count). The van der Waals surface area contributed by atoms with Gasteiger partial charge in [0.05, 0.1) is 0 Å². The van der Waals surface area contributed by atoms with E-state index in [0.717, 1.165) is 17.6 Å². The number of hydrogen-bond acceptors (Lipinski definition) is 6. The molecular formula is C24H22N2O4. The fourth-order valence-corrected chi connectivity index (χ4v) is 2.61. The van der Waals surface area contributed by atoms with Crippen molar-refractivity contribution < 1.29 is 19.1 Å². The smallest absolute Gasteiger partial charge is 0.336 e. The molecule has 0 bridgehead atoms. The molecule has 6 heteroatoms. The molecule has 4 N–H and O–H groups in total. The highest BCUT2D eigenvalue weighted by Crippen LogP contribution is 2.20. The minimum absolute atomic E-state index is 0.0147. The van der Waals surface area contributed by atoms with Gasteiger partial charge in [-0.2, -0.15) is 0 Å². The van der Waals surface area contributed by atoms with E-state index in [4.69, 9.17) is 20.9 Å². The summed E-state index contributed by atoms with van der Waals surface area (Å²) in [4.78, 5) is 24.0. The topological polar surface area (TPSA) is 105 Å². The van der Waals surface area contributed by atoms with E-state index in [0.29, 0.717) is 5.69 Å². The van der Waals surface area contributed by atoms with Crippen molar-refractivity contribution >= 4 is 23.7 Å². The largest absolute Gasteiger partial charge is 0.423 e. The van der Waals surface area contributed by atoms with Crippen LogP contribution in [0.2, 0.25) is 0 Å². The van der Waals surface area contributed by atoms with Crippen LogP contribution in [0.4, 0.5) is 5.69 Å². The van der Waals surface area contributed by atoms with Crippen molar-refractivity contribution in [3.05, 3.63) is 96.1 Å². The third kappa shape index (κ3) is 6.61. The lowest BCUT2D eigenvalue weighted by Gasteiger charge is -2.08. The van der Waals surface area contributed by atoms with Gasteiger partial charge >= 0.3 is 11.9 Å². The molecule has 0 saturated heterocycles. The highest BCUT2D eigenvalue weighted by Gasteiger charge is 2.06. The second kappa shape index (κ2) is 10.0. The summed E-state index contributed by atoms with van der Waals surface area (Å²) in [6.07, 6.45) is 12.3. The average molecular weight is 402 g/mol. The van der Waals surface area contributed by atoms with Crippen LogP contribution in [0.15, 0.2) is 90.6 Å². The van der Waals surface area contributed by atoms with Crippen LogP contribution in [-0.4, -0.2) is 18.0 Å². The molecule has 1 atom stereocenters. The van der Waals surface area contributed by atoms with Gasteiger partial charge in [0, 0.05) is 29.9 Å². The van der Waals surface area contributed by atoms with Gasteiger partial charge in [-0.1, -0.05) is 36.4 Å². The van der Waals surface area contributed by atoms with E-state index in [1.54, 1.807) is 54.6 Å². The van der Waals surface area contributed by atoms with Crippen molar-refractivity contribution in [1.29, 1.82) is 0 Å². The molecule has 0 aromatic heterocycles. The predicted octanol–water partition coefficient (Wildman–Crippen LogP) is 3.56. The number of benzene rings is 2. The lowest BCUT2D eigenvalue weighted by molar-refractivity contribution is -0.129. The molecule has 1 aliphatic rings. The summed E-state index contributed by atoms with van der Waals surface area (Å²) in [5, 5.41) is 0. The summed E-state index contributed by atoms with van der Waals surface area (Å²) in [5.74, 6) is -0.550. The molecule has 6 nitrogen and oxygen atoms in total. The Labute approximate surface area is 174 Å². The highest BCUT2D eigenvalue weighted by molar-refractivity contribution is 5.89. The molecule has 0 spiro atoms. The number of anilines is 1. The van der Waals surface area contributed by atoms with Crippen LogP contribution in [0.1, 0.15) is 12.0 Å². The standard InChI is InChI=1S/C24H22N2O4/c25-19-10-4-17(5-11-19)8-14-23(27)29-21-2-1-3-22(16-21)30-24(28)15-9-18-6-12-20(26)13-7-18/h1-12,14-16,20H,13,25-26H2/b14-8+,15-9+. The normalized spacial score (nSPS) is 15.9. The van der Waals surface area contributed by atoms with Crippen molar-refractivity contribution in [1.82, 2.24) is 0 Å². The summed E-state index contributed by atoms with van der Waals surface area (Å²) < 4.78 is 10.5. The zero-order chi connectivity index (χ0) is 21.3. The number of nitrogens with two attached hydrogens (primary N) is 2. The quantitative estimate of drug-likeness (QED) is 0.331. The van der Waals surface area contributed by atoms with E-state index in [2.05, 4.69) is 0 Å². The van der Waals surface area contributed by atoms with Gasteiger partial charge in [0.2, 0.25) is 0 Å². The number of esters is 2. The van der Waals surface area contributed by atoms with Crippen LogP contribution < -0.4 is 20.9 Å². The summed E-state index contributed by atoms with van der Waals surface area (Å²) >= 11 is 0. The molecule has 0 amide bonds. The second-order valence-corrected chi connectivity index (χ2v) is 6.61. The minimum atomic E-state index is -0.551. The van der Waals surface area contributed by atoms with Gasteiger partial charge in [0.15, 0.2) is 0 Å². The van der Waals surface area contributed by atoms with Crippen molar-refractivity contribution in [2.75, 3.05) is 5.73 Å². The van der Waals surface area contributed by atoms with Crippen LogP contribution in [-0.2, 0) is 9.59 Å². The molecule has 0 saturated carbocycles. The van der Waals surface area contributed by atoms with E-state index in [1.807, 2.05) is 18.2 Å². The monoisotopic (exact) mass is 402 g/mol. The first kappa shape index (κ1) is 20.8. The van der Waals surface area contributed by atoms with Crippen molar-refractivity contribution in [3.8, 4) is 11.5 Å². The first-order valence-corrected chi connectivity index (χ1v) is 9.37. The maximum atomic E-state index is 12.0. The summed E-state index contributed by atoms with van der Waals surface area (Å²) in [7, 11) is 0. The van der Waals surface area contributed by atoms with Gasteiger partial charge in [0.25, 0.3) is 0 Å². The number of hydrogen-bond donors (Lipinski definition) is 2. The SMILES string of the molecule is Nc1ccc(/C=C/C(=O)Oc2cccc(OC(=O)/C=C/C3=CCC(N)C=C3)c2)cc1. The lowest BCUT2D eigenvalue weighted by Crippen LogP contribution is -2.17. The van der Waals surface area contributed by atoms with Crippen LogP contribution in [0.5, 0.6) is 11.5 Å². The molecule has 0 heterocycles. The Balaban J connectivity index is 1.55. The van der Waals surface area contributed by atoms with E-state index in [1.165, 1.54) is 18.2 Å². The third-order valence-electron chi connectivity index (χ3n) is 4.16. The number of allylic oxidation sites excluding steroid dienone is 3. The van der Waals surface area contributed by atoms with E-state index in [-0.39, 0.29) is 17.5 Å². The van der Waals surface area contributed by atoms with Gasteiger partial charge < -0.3 is 20.9 Å². The number of ether oxygens (including phenoxy) is 2. The fourth-order valence-electron chi connectivity index (χ4n) is 2.61. The molecule has 1 unspecified atom stereocenters. The Morgan fingerprint density at radius 1 is 0.933 bits per heavy atom. The lowest BCUT2D eigenvalue weighted by atomic mass is 10.0. The fraction of sp³-hybridized carbons (Fsp3) is 0.0833. The van der Waals surface area contributed by atoms with E-state index >= 15 is 0 Å². The van der Waals surface area contributed by atoms with Gasteiger partial charge in [-0.05, 0) is 54.0 Å². The third-order valence-corrected chi connectivity index (χ3v) is 4.16. The van der Waals surface area contributed by atoms with Crippen molar-refractivity contribution in [3.63, 3.8) is 0 Å². The molecule has 0 radical (unpaired) electrons. The average Bonchev–Trinajstić information content (AvgIpc) is 2.73. The Morgan fingerprint density at radius 3 is 2.17 bits per heavy atom. The number of carbonyl (C=O) groups is 2. The molecule has 30 heavy (non-hydrogen) atoms. The number of rotatable bonds is 6. The van der Waals surface area contributed by atoms with Crippen molar-refractivity contribution in [2.45, 2.75) is 12.5 Å². The van der Waals surface area contributed by atoms with Gasteiger partial charge in [0.1, 0.15) is 11.5 Å². The Hall–Kier alpha value is -3.90. The minimum Gasteiger partial charge on any atom is -0.423 e. The zero-order valence-corrected chi connectivity index (χ0v) is 16.2. The molecular weight excluding hydrogens is 380 g/mol. The first-order valence-electron chi connectivity index (χ1n) is 9.37. The van der Waals surface area contributed by atoms with Gasteiger partial charge in [-0.15, -0.1) is 0 Å². The van der Waals surface area contributed by atoms with E-state index < -0.39 is 11.9 Å². The Bertz CT molecular complexity index is 1030. The number of nitrogen functional groups attached to an aromatic ring is 1. The van der Waals surface area contributed by atoms with Crippen LogP contribution >= 0.6 is 0 Å². The number of carbonyl (C=O) groups excluding carboxylic acids is 2.